The van der Waals surface area contributed by atoms with Crippen molar-refractivity contribution in [1.29, 1.82) is 0 Å². The second-order valence-electron chi connectivity index (χ2n) is 11.3. The van der Waals surface area contributed by atoms with Crippen molar-refractivity contribution in [3.63, 3.8) is 0 Å². The number of carbonyl (C=O) groups is 1. The summed E-state index contributed by atoms with van der Waals surface area (Å²) in [6, 6.07) is 14.1. The van der Waals surface area contributed by atoms with Crippen LogP contribution < -0.4 is 11.1 Å². The first-order chi connectivity index (χ1) is 18.5. The highest BCUT2D eigenvalue weighted by molar-refractivity contribution is 5.99. The second-order valence-corrected chi connectivity index (χ2v) is 11.3. The maximum absolute atomic E-state index is 12.9. The van der Waals surface area contributed by atoms with Crippen molar-refractivity contribution in [1.82, 2.24) is 25.0 Å². The average Bonchev–Trinajstić information content (AvgIpc) is 3.52. The van der Waals surface area contributed by atoms with Crippen molar-refractivity contribution in [3.05, 3.63) is 53.7 Å². The molecule has 0 radical (unpaired) electrons. The number of nitrogens with two attached hydrogens (primary N) is 1. The maximum Gasteiger partial charge on any atom is 0.236 e. The van der Waals surface area contributed by atoms with Gasteiger partial charge in [0.25, 0.3) is 0 Å². The lowest BCUT2D eigenvalue weighted by atomic mass is 9.88. The third-order valence-corrected chi connectivity index (χ3v) is 8.98. The largest absolute Gasteiger partial charge is 0.354 e. The van der Waals surface area contributed by atoms with Gasteiger partial charge in [-0.2, -0.15) is 5.10 Å². The summed E-state index contributed by atoms with van der Waals surface area (Å²) in [5, 5.41) is 10.5. The van der Waals surface area contributed by atoms with Crippen LogP contribution in [0.15, 0.2) is 42.6 Å². The Hall–Kier alpha value is -3.16. The van der Waals surface area contributed by atoms with E-state index in [1.165, 1.54) is 38.7 Å². The number of aryl methyl sites for hydroxylation is 2. The van der Waals surface area contributed by atoms with Crippen LogP contribution in [0.1, 0.15) is 62.5 Å². The van der Waals surface area contributed by atoms with Crippen molar-refractivity contribution in [3.8, 4) is 11.3 Å². The van der Waals surface area contributed by atoms with E-state index in [1.807, 2.05) is 17.9 Å². The van der Waals surface area contributed by atoms with E-state index in [2.05, 4.69) is 63.6 Å². The molecule has 2 fully saturated rings. The molecule has 1 saturated heterocycles. The number of amides is 1. The summed E-state index contributed by atoms with van der Waals surface area (Å²) >= 11 is 0. The highest BCUT2D eigenvalue weighted by Gasteiger charge is 2.26. The van der Waals surface area contributed by atoms with Crippen LogP contribution in [-0.4, -0.2) is 57.3 Å². The molecule has 2 aromatic carbocycles. The maximum atomic E-state index is 12.9. The molecule has 1 aliphatic heterocycles. The molecule has 38 heavy (non-hydrogen) atoms. The number of nitrogens with one attached hydrogen (secondary N) is 2. The molecule has 7 heteroatoms. The van der Waals surface area contributed by atoms with Crippen LogP contribution in [0.3, 0.4) is 0 Å². The van der Waals surface area contributed by atoms with Gasteiger partial charge in [-0.25, -0.2) is 0 Å². The number of benzene rings is 2. The van der Waals surface area contributed by atoms with Crippen LogP contribution in [0.2, 0.25) is 0 Å². The van der Waals surface area contributed by atoms with Gasteiger partial charge in [0.15, 0.2) is 0 Å². The molecule has 2 aromatic heterocycles. The van der Waals surface area contributed by atoms with Gasteiger partial charge in [0.05, 0.1) is 24.0 Å². The highest BCUT2D eigenvalue weighted by atomic mass is 16.2. The molecule has 4 N–H and O–H groups in total. The molecule has 6 rings (SSSR count). The predicted molar refractivity (Wildman–Crippen MR) is 154 cm³/mol. The van der Waals surface area contributed by atoms with Gasteiger partial charge in [0.1, 0.15) is 0 Å². The Morgan fingerprint density at radius 3 is 2.63 bits per heavy atom. The van der Waals surface area contributed by atoms with E-state index in [1.54, 1.807) is 0 Å². The molecule has 1 aliphatic carbocycles. The minimum atomic E-state index is 0.238. The zero-order chi connectivity index (χ0) is 26.2. The molecule has 0 spiro atoms. The van der Waals surface area contributed by atoms with Gasteiger partial charge in [0, 0.05) is 54.1 Å². The van der Waals surface area contributed by atoms with Crippen LogP contribution in [0, 0.1) is 0 Å². The first kappa shape index (κ1) is 25.1. The molecule has 7 nitrogen and oxygen atoms in total. The Kier molecular flexibility index (Phi) is 6.97. The molecule has 1 saturated carbocycles. The SMILES string of the molecule is CCc1c(-c2cccc3c2cnn3C)[nH]c2ccc(C3CCN(C(=O)CN[C@H]4CC[C@@H](N)CC4)CC3)cc12. The Balaban J connectivity index is 1.15. The second kappa shape index (κ2) is 10.5. The lowest BCUT2D eigenvalue weighted by Crippen LogP contribution is -2.46. The van der Waals surface area contributed by atoms with E-state index in [-0.39, 0.29) is 5.91 Å². The number of rotatable bonds is 6. The number of carbonyl (C=O) groups excluding carboxylic acids is 1. The van der Waals surface area contributed by atoms with Crippen molar-refractivity contribution in [2.45, 2.75) is 69.9 Å². The lowest BCUT2D eigenvalue weighted by Gasteiger charge is -2.33. The summed E-state index contributed by atoms with van der Waals surface area (Å²) < 4.78 is 1.93. The zero-order valence-electron chi connectivity index (χ0n) is 22.7. The normalized spacial score (nSPS) is 21.0. The average molecular weight is 513 g/mol. The Labute approximate surface area is 224 Å². The monoisotopic (exact) mass is 512 g/mol. The Morgan fingerprint density at radius 1 is 1.08 bits per heavy atom. The smallest absolute Gasteiger partial charge is 0.236 e. The molecule has 2 aliphatic rings. The van der Waals surface area contributed by atoms with E-state index in [0.29, 0.717) is 24.5 Å². The van der Waals surface area contributed by atoms with Crippen LogP contribution in [0.25, 0.3) is 33.1 Å². The van der Waals surface area contributed by atoms with Gasteiger partial charge in [0.2, 0.25) is 5.91 Å². The number of piperidine rings is 1. The predicted octanol–water partition coefficient (Wildman–Crippen LogP) is 4.85. The van der Waals surface area contributed by atoms with Gasteiger partial charge >= 0.3 is 0 Å². The van der Waals surface area contributed by atoms with E-state index >= 15 is 0 Å². The summed E-state index contributed by atoms with van der Waals surface area (Å²) in [4.78, 5) is 18.6. The fraction of sp³-hybridized carbons (Fsp3) is 0.484. The third kappa shape index (κ3) is 4.74. The molecule has 0 atom stereocenters. The van der Waals surface area contributed by atoms with E-state index in [9.17, 15) is 4.79 Å². The number of fused-ring (bicyclic) bond motifs is 2. The Morgan fingerprint density at radius 2 is 1.87 bits per heavy atom. The number of hydrogen-bond acceptors (Lipinski definition) is 4. The van der Waals surface area contributed by atoms with Gasteiger partial charge in [-0.3, -0.25) is 9.48 Å². The first-order valence-corrected chi connectivity index (χ1v) is 14.3. The third-order valence-electron chi connectivity index (χ3n) is 8.98. The van der Waals surface area contributed by atoms with Crippen LogP contribution >= 0.6 is 0 Å². The number of aromatic nitrogens is 3. The fourth-order valence-corrected chi connectivity index (χ4v) is 6.64. The van der Waals surface area contributed by atoms with E-state index in [4.69, 9.17) is 5.73 Å². The molecule has 1 amide bonds. The highest BCUT2D eigenvalue weighted by Crippen LogP contribution is 2.37. The van der Waals surface area contributed by atoms with Crippen molar-refractivity contribution in [2.24, 2.45) is 12.8 Å². The van der Waals surface area contributed by atoms with Crippen molar-refractivity contribution >= 4 is 27.7 Å². The number of H-pyrrole nitrogens is 1. The molecular formula is C31H40N6O. The van der Waals surface area contributed by atoms with Gasteiger partial charge in [-0.1, -0.05) is 25.1 Å². The van der Waals surface area contributed by atoms with E-state index < -0.39 is 0 Å². The molecular weight excluding hydrogens is 472 g/mol. The number of hydrogen-bond donors (Lipinski definition) is 3. The number of nitrogens with zero attached hydrogens (tertiary/aromatic N) is 3. The molecule has 4 aromatic rings. The van der Waals surface area contributed by atoms with Gasteiger partial charge < -0.3 is 20.9 Å². The first-order valence-electron chi connectivity index (χ1n) is 14.3. The summed E-state index contributed by atoms with van der Waals surface area (Å²) in [7, 11) is 1.99. The number of aromatic amines is 1. The van der Waals surface area contributed by atoms with Crippen molar-refractivity contribution in [2.75, 3.05) is 19.6 Å². The topological polar surface area (TPSA) is 92.0 Å². The summed E-state index contributed by atoms with van der Waals surface area (Å²) in [6.45, 7) is 4.36. The molecule has 3 heterocycles. The van der Waals surface area contributed by atoms with Crippen molar-refractivity contribution < 1.29 is 4.79 Å². The zero-order valence-corrected chi connectivity index (χ0v) is 22.7. The molecule has 0 unspecified atom stereocenters. The molecule has 0 bridgehead atoms. The molecule has 200 valence electrons. The van der Waals surface area contributed by atoms with Gasteiger partial charge in [-0.15, -0.1) is 0 Å². The minimum absolute atomic E-state index is 0.238. The number of likely N-dealkylation sites (tertiary alicyclic amines) is 1. The Bertz CT molecular complexity index is 1440. The fourth-order valence-electron chi connectivity index (χ4n) is 6.64. The summed E-state index contributed by atoms with van der Waals surface area (Å²) in [5.41, 5.74) is 13.5. The standard InChI is InChI=1S/C31H40N6O/c1-3-24-26-17-21(7-12-28(26)35-31(24)25-5-4-6-29-27(25)18-34-36(29)2)20-13-15-37(16-14-20)30(38)19-33-23-10-8-22(32)9-11-23/h4-7,12,17-18,20,22-23,33,35H,3,8-11,13-16,19,32H2,1-2H3/t22-,23+. The quantitative estimate of drug-likeness (QED) is 0.344. The lowest BCUT2D eigenvalue weighted by molar-refractivity contribution is -0.131. The van der Waals surface area contributed by atoms with Crippen LogP contribution in [0.4, 0.5) is 0 Å². The van der Waals surface area contributed by atoms with Gasteiger partial charge in [-0.05, 0) is 80.2 Å². The summed E-state index contributed by atoms with van der Waals surface area (Å²) in [6.07, 6.45) is 9.24. The van der Waals surface area contributed by atoms with Crippen LogP contribution in [0.5, 0.6) is 0 Å². The minimum Gasteiger partial charge on any atom is -0.354 e. The van der Waals surface area contributed by atoms with E-state index in [0.717, 1.165) is 63.6 Å². The van der Waals surface area contributed by atoms with Crippen LogP contribution in [-0.2, 0) is 18.3 Å². The summed E-state index contributed by atoms with van der Waals surface area (Å²) in [5.74, 6) is 0.725.